The van der Waals surface area contributed by atoms with Crippen LogP contribution in [0.2, 0.25) is 0 Å². The molecule has 0 amide bonds. The third-order valence-corrected chi connectivity index (χ3v) is 4.72. The lowest BCUT2D eigenvalue weighted by molar-refractivity contribution is 0.130. The second-order valence-electron chi connectivity index (χ2n) is 7.74. The molecule has 1 N–H and O–H groups in total. The van der Waals surface area contributed by atoms with Crippen molar-refractivity contribution in [1.82, 2.24) is 15.1 Å². The highest BCUT2D eigenvalue weighted by molar-refractivity contribution is 4.77. The molecule has 0 aliphatic carbocycles. The first-order valence-electron chi connectivity index (χ1n) is 9.10. The predicted molar refractivity (Wildman–Crippen MR) is 94.0 cm³/mol. The normalized spacial score (nSPS) is 18.6. The van der Waals surface area contributed by atoms with E-state index in [9.17, 15) is 0 Å². The summed E-state index contributed by atoms with van der Waals surface area (Å²) in [5.74, 6) is 0. The van der Waals surface area contributed by atoms with E-state index in [1.54, 1.807) is 0 Å². The molecule has 0 aromatic heterocycles. The van der Waals surface area contributed by atoms with E-state index in [0.717, 1.165) is 12.6 Å². The van der Waals surface area contributed by atoms with E-state index in [2.05, 4.69) is 49.9 Å². The Morgan fingerprint density at radius 1 is 1.05 bits per heavy atom. The summed E-state index contributed by atoms with van der Waals surface area (Å²) in [7, 11) is 2.33. The van der Waals surface area contributed by atoms with Crippen LogP contribution in [0, 0.1) is 0 Å². The molecule has 3 nitrogen and oxygen atoms in total. The van der Waals surface area contributed by atoms with E-state index < -0.39 is 0 Å². The van der Waals surface area contributed by atoms with Gasteiger partial charge in [-0.3, -0.25) is 0 Å². The van der Waals surface area contributed by atoms with E-state index in [0.29, 0.717) is 0 Å². The molecule has 0 aromatic carbocycles. The van der Waals surface area contributed by atoms with Gasteiger partial charge in [-0.15, -0.1) is 0 Å². The fraction of sp³-hybridized carbons (Fsp3) is 1.00. The lowest BCUT2D eigenvalue weighted by Gasteiger charge is -2.36. The lowest BCUT2D eigenvalue weighted by atomic mass is 10.0. The molecule has 0 radical (unpaired) electrons. The number of nitrogens with one attached hydrogen (secondary N) is 1. The first-order chi connectivity index (χ1) is 9.92. The first-order valence-corrected chi connectivity index (χ1v) is 9.10. The largest absolute Gasteiger partial charge is 0.312 e. The zero-order chi connectivity index (χ0) is 15.7. The minimum Gasteiger partial charge on any atom is -0.312 e. The maximum atomic E-state index is 3.57. The molecule has 0 atom stereocenters. The van der Waals surface area contributed by atoms with Crippen LogP contribution in [0.1, 0.15) is 66.2 Å². The second-order valence-corrected chi connectivity index (χ2v) is 7.74. The van der Waals surface area contributed by atoms with Gasteiger partial charge in [-0.2, -0.15) is 0 Å². The second kappa shape index (κ2) is 9.81. The Hall–Kier alpha value is -0.120. The summed E-state index contributed by atoms with van der Waals surface area (Å²) in [6.45, 7) is 15.3. The van der Waals surface area contributed by atoms with Gasteiger partial charge in [0.25, 0.3) is 0 Å². The Bertz CT molecular complexity index is 252. The molecule has 21 heavy (non-hydrogen) atoms. The Morgan fingerprint density at radius 3 is 2.24 bits per heavy atom. The van der Waals surface area contributed by atoms with E-state index in [1.165, 1.54) is 64.7 Å². The predicted octanol–water partition coefficient (Wildman–Crippen LogP) is 3.35. The Morgan fingerprint density at radius 2 is 1.67 bits per heavy atom. The summed E-state index contributed by atoms with van der Waals surface area (Å²) in [6.07, 6.45) is 8.14. The molecule has 1 fully saturated rings. The number of unbranched alkanes of at least 4 members (excludes halogenated alkanes) is 3. The molecule has 1 aliphatic heterocycles. The van der Waals surface area contributed by atoms with Crippen LogP contribution in [0.3, 0.4) is 0 Å². The van der Waals surface area contributed by atoms with Crippen LogP contribution in [0.15, 0.2) is 0 Å². The monoisotopic (exact) mass is 297 g/mol. The summed E-state index contributed by atoms with van der Waals surface area (Å²) in [6, 6.07) is 0.829. The maximum Gasteiger partial charge on any atom is 0.0117 e. The number of piperidine rings is 1. The van der Waals surface area contributed by atoms with Crippen LogP contribution in [0.5, 0.6) is 0 Å². The number of likely N-dealkylation sites (tertiary alicyclic amines) is 1. The number of hydrogen-bond donors (Lipinski definition) is 1. The summed E-state index contributed by atoms with van der Waals surface area (Å²) >= 11 is 0. The van der Waals surface area contributed by atoms with Crippen molar-refractivity contribution >= 4 is 0 Å². The smallest absolute Gasteiger partial charge is 0.0117 e. The van der Waals surface area contributed by atoms with Gasteiger partial charge >= 0.3 is 0 Å². The Kier molecular flexibility index (Phi) is 8.84. The van der Waals surface area contributed by atoms with Crippen LogP contribution in [-0.4, -0.2) is 61.2 Å². The third-order valence-electron chi connectivity index (χ3n) is 4.72. The van der Waals surface area contributed by atoms with Gasteiger partial charge in [0, 0.05) is 11.6 Å². The van der Waals surface area contributed by atoms with Gasteiger partial charge in [-0.05, 0) is 86.2 Å². The average molecular weight is 298 g/mol. The Labute approximate surface area is 133 Å². The number of hydrogen-bond acceptors (Lipinski definition) is 3. The van der Waals surface area contributed by atoms with Gasteiger partial charge in [0.15, 0.2) is 0 Å². The molecule has 1 rings (SSSR count). The first kappa shape index (κ1) is 18.9. The van der Waals surface area contributed by atoms with Gasteiger partial charge in [-0.25, -0.2) is 0 Å². The van der Waals surface area contributed by atoms with Crippen LogP contribution in [-0.2, 0) is 0 Å². The van der Waals surface area contributed by atoms with Crippen molar-refractivity contribution in [3.8, 4) is 0 Å². The van der Waals surface area contributed by atoms with Gasteiger partial charge in [0.2, 0.25) is 0 Å². The molecule has 0 bridgehead atoms. The van der Waals surface area contributed by atoms with E-state index in [-0.39, 0.29) is 5.54 Å². The van der Waals surface area contributed by atoms with Gasteiger partial charge < -0.3 is 15.1 Å². The molecular weight excluding hydrogens is 258 g/mol. The molecule has 0 aromatic rings. The van der Waals surface area contributed by atoms with Crippen molar-refractivity contribution in [3.05, 3.63) is 0 Å². The molecular formula is C18H39N3. The van der Waals surface area contributed by atoms with Crippen LogP contribution >= 0.6 is 0 Å². The summed E-state index contributed by atoms with van der Waals surface area (Å²) in [4.78, 5) is 5.19. The van der Waals surface area contributed by atoms with Crippen molar-refractivity contribution < 1.29 is 0 Å². The summed E-state index contributed by atoms with van der Waals surface area (Å²) < 4.78 is 0. The zero-order valence-electron chi connectivity index (χ0n) is 15.2. The maximum absolute atomic E-state index is 3.57. The van der Waals surface area contributed by atoms with Crippen LogP contribution < -0.4 is 5.32 Å². The molecule has 0 saturated carbocycles. The van der Waals surface area contributed by atoms with Gasteiger partial charge in [0.05, 0.1) is 0 Å². The minimum absolute atomic E-state index is 0.271. The third kappa shape index (κ3) is 8.80. The van der Waals surface area contributed by atoms with E-state index >= 15 is 0 Å². The quantitative estimate of drug-likeness (QED) is 0.658. The van der Waals surface area contributed by atoms with Crippen molar-refractivity contribution in [2.75, 3.05) is 39.8 Å². The highest BCUT2D eigenvalue weighted by atomic mass is 15.2. The van der Waals surface area contributed by atoms with E-state index in [1.807, 2.05) is 0 Å². The van der Waals surface area contributed by atoms with Crippen molar-refractivity contribution in [2.24, 2.45) is 0 Å². The van der Waals surface area contributed by atoms with E-state index in [4.69, 9.17) is 0 Å². The summed E-state index contributed by atoms with van der Waals surface area (Å²) in [5.41, 5.74) is 0.271. The lowest BCUT2D eigenvalue weighted by Crippen LogP contribution is -2.43. The molecule has 0 unspecified atom stereocenters. The van der Waals surface area contributed by atoms with Crippen molar-refractivity contribution in [2.45, 2.75) is 77.8 Å². The Balaban J connectivity index is 1.97. The number of rotatable bonds is 9. The van der Waals surface area contributed by atoms with Crippen LogP contribution in [0.25, 0.3) is 0 Å². The van der Waals surface area contributed by atoms with Crippen molar-refractivity contribution in [3.63, 3.8) is 0 Å². The standard InChI is InChI=1S/C18H39N3/c1-6-21-15-11-17(12-16-21)20(5)14-10-8-7-9-13-19-18(2,3)4/h17,19H,6-16H2,1-5H3. The highest BCUT2D eigenvalue weighted by Crippen LogP contribution is 2.15. The van der Waals surface area contributed by atoms with Gasteiger partial charge in [0.1, 0.15) is 0 Å². The van der Waals surface area contributed by atoms with Crippen LogP contribution in [0.4, 0.5) is 0 Å². The summed E-state index contributed by atoms with van der Waals surface area (Å²) in [5, 5.41) is 3.57. The average Bonchev–Trinajstić information content (AvgIpc) is 2.45. The SMILES string of the molecule is CCN1CCC(N(C)CCCCCCNC(C)(C)C)CC1. The molecule has 1 aliphatic rings. The topological polar surface area (TPSA) is 18.5 Å². The molecule has 3 heteroatoms. The number of nitrogens with zero attached hydrogens (tertiary/aromatic N) is 2. The molecule has 126 valence electrons. The zero-order valence-corrected chi connectivity index (χ0v) is 15.2. The minimum atomic E-state index is 0.271. The molecule has 0 spiro atoms. The van der Waals surface area contributed by atoms with Crippen molar-refractivity contribution in [1.29, 1.82) is 0 Å². The van der Waals surface area contributed by atoms with Gasteiger partial charge in [-0.1, -0.05) is 19.8 Å². The highest BCUT2D eigenvalue weighted by Gasteiger charge is 2.20. The molecule has 1 heterocycles. The molecule has 1 saturated heterocycles. The fourth-order valence-corrected chi connectivity index (χ4v) is 3.16. The fourth-order valence-electron chi connectivity index (χ4n) is 3.16.